The first-order valence-corrected chi connectivity index (χ1v) is 7.76. The first-order valence-electron chi connectivity index (χ1n) is 7.76. The van der Waals surface area contributed by atoms with Gasteiger partial charge in [-0.1, -0.05) is 30.3 Å². The number of phenols is 1. The zero-order chi connectivity index (χ0) is 14.9. The highest BCUT2D eigenvalue weighted by atomic mass is 127. The van der Waals surface area contributed by atoms with Gasteiger partial charge >= 0.3 is 0 Å². The lowest BCUT2D eigenvalue weighted by Crippen LogP contribution is -2.25. The number of guanidine groups is 1. The van der Waals surface area contributed by atoms with Gasteiger partial charge in [-0.2, -0.15) is 0 Å². The smallest absolute Gasteiger partial charge is 0.192 e. The van der Waals surface area contributed by atoms with Gasteiger partial charge in [-0.05, 0) is 47.2 Å². The molecule has 0 spiro atoms. The van der Waals surface area contributed by atoms with Crippen molar-refractivity contribution in [3.05, 3.63) is 64.7 Å². The molecule has 1 aliphatic carbocycles. The second-order valence-electron chi connectivity index (χ2n) is 5.82. The van der Waals surface area contributed by atoms with Crippen LogP contribution in [0.3, 0.4) is 0 Å². The highest BCUT2D eigenvalue weighted by molar-refractivity contribution is 14.0. The molecule has 1 aliphatic heterocycles. The molecule has 5 heteroatoms. The summed E-state index contributed by atoms with van der Waals surface area (Å²) in [6, 6.07) is 14.1. The predicted molar refractivity (Wildman–Crippen MR) is 103 cm³/mol. The van der Waals surface area contributed by atoms with E-state index < -0.39 is 0 Å². The number of rotatable bonds is 1. The van der Waals surface area contributed by atoms with Gasteiger partial charge in [0.1, 0.15) is 11.8 Å². The Balaban J connectivity index is 0.00000156. The first kappa shape index (κ1) is 16.1. The lowest BCUT2D eigenvalue weighted by Gasteiger charge is -2.17. The number of halogens is 1. The molecule has 0 aromatic heterocycles. The Bertz CT molecular complexity index is 737. The summed E-state index contributed by atoms with van der Waals surface area (Å²) in [7, 11) is 0. The zero-order valence-corrected chi connectivity index (χ0v) is 15.1. The molecule has 1 saturated heterocycles. The van der Waals surface area contributed by atoms with Crippen LogP contribution in [0, 0.1) is 0 Å². The summed E-state index contributed by atoms with van der Waals surface area (Å²) in [5.41, 5.74) is 4.97. The van der Waals surface area contributed by atoms with Crippen LogP contribution in [0.4, 0.5) is 0 Å². The van der Waals surface area contributed by atoms with E-state index in [-0.39, 0.29) is 30.0 Å². The van der Waals surface area contributed by atoms with Gasteiger partial charge < -0.3 is 15.7 Å². The molecule has 0 saturated carbocycles. The average molecular weight is 421 g/mol. The van der Waals surface area contributed by atoms with Crippen LogP contribution in [0.5, 0.6) is 5.75 Å². The van der Waals surface area contributed by atoms with E-state index in [0.29, 0.717) is 5.75 Å². The van der Waals surface area contributed by atoms with E-state index in [1.807, 2.05) is 12.1 Å². The molecular formula is C18H20IN3O. The quantitative estimate of drug-likeness (QED) is 0.621. The third-order valence-corrected chi connectivity index (χ3v) is 4.40. The number of aryl methyl sites for hydroxylation is 2. The maximum Gasteiger partial charge on any atom is 0.192 e. The van der Waals surface area contributed by atoms with Crippen molar-refractivity contribution < 1.29 is 5.11 Å². The fourth-order valence-corrected chi connectivity index (χ4v) is 3.32. The summed E-state index contributed by atoms with van der Waals surface area (Å²) in [4.78, 5) is 4.92. The number of fused-ring (bicyclic) bond motifs is 2. The minimum Gasteiger partial charge on any atom is -0.508 e. The van der Waals surface area contributed by atoms with Crippen molar-refractivity contribution >= 4 is 29.9 Å². The molecule has 3 N–H and O–H groups in total. The van der Waals surface area contributed by atoms with E-state index in [9.17, 15) is 5.11 Å². The first-order chi connectivity index (χ1) is 10.8. The van der Waals surface area contributed by atoms with Crippen molar-refractivity contribution in [3.63, 3.8) is 0 Å². The molecule has 1 heterocycles. The van der Waals surface area contributed by atoms with Gasteiger partial charge in [0.2, 0.25) is 0 Å². The summed E-state index contributed by atoms with van der Waals surface area (Å²) in [5, 5.41) is 16.4. The van der Waals surface area contributed by atoms with Crippen molar-refractivity contribution in [2.45, 2.75) is 18.9 Å². The van der Waals surface area contributed by atoms with Gasteiger partial charge in [0.15, 0.2) is 5.96 Å². The molecular weight excluding hydrogens is 401 g/mol. The lowest BCUT2D eigenvalue weighted by molar-refractivity contribution is 0.474. The van der Waals surface area contributed by atoms with Crippen LogP contribution in [0.15, 0.2) is 47.5 Å². The Hall–Kier alpha value is -1.76. The van der Waals surface area contributed by atoms with E-state index in [1.165, 1.54) is 22.3 Å². The molecule has 1 fully saturated rings. The van der Waals surface area contributed by atoms with E-state index in [4.69, 9.17) is 4.99 Å². The topological polar surface area (TPSA) is 56.7 Å². The molecule has 2 aromatic carbocycles. The number of benzene rings is 2. The number of aliphatic imine (C=N–C) groups is 1. The second-order valence-corrected chi connectivity index (χ2v) is 5.82. The van der Waals surface area contributed by atoms with Gasteiger partial charge in [0.05, 0.1) is 0 Å². The maximum absolute atomic E-state index is 9.81. The van der Waals surface area contributed by atoms with Crippen molar-refractivity contribution in [3.8, 4) is 5.75 Å². The number of hydrogen-bond donors (Lipinski definition) is 3. The van der Waals surface area contributed by atoms with Gasteiger partial charge in [-0.15, -0.1) is 24.0 Å². The Morgan fingerprint density at radius 2 is 1.61 bits per heavy atom. The van der Waals surface area contributed by atoms with Crippen LogP contribution < -0.4 is 10.6 Å². The Kier molecular flexibility index (Phi) is 4.75. The summed E-state index contributed by atoms with van der Waals surface area (Å²) in [6.45, 7) is 1.82. The Morgan fingerprint density at radius 1 is 0.913 bits per heavy atom. The van der Waals surface area contributed by atoms with Crippen molar-refractivity contribution in [2.24, 2.45) is 4.99 Å². The largest absolute Gasteiger partial charge is 0.508 e. The van der Waals surface area contributed by atoms with E-state index in [1.54, 1.807) is 6.07 Å². The van der Waals surface area contributed by atoms with Gasteiger partial charge in [-0.25, -0.2) is 4.99 Å². The van der Waals surface area contributed by atoms with Crippen LogP contribution in [0.1, 0.15) is 28.3 Å². The van der Waals surface area contributed by atoms with Crippen molar-refractivity contribution in [1.82, 2.24) is 10.6 Å². The molecule has 1 atom stereocenters. The van der Waals surface area contributed by atoms with E-state index in [2.05, 4.69) is 34.9 Å². The van der Waals surface area contributed by atoms with Crippen LogP contribution in [-0.2, 0) is 12.8 Å². The molecule has 4 nitrogen and oxygen atoms in total. The summed E-state index contributed by atoms with van der Waals surface area (Å²) in [6.07, 6.45) is 1.91. The summed E-state index contributed by atoms with van der Waals surface area (Å²) >= 11 is 0. The van der Waals surface area contributed by atoms with Crippen molar-refractivity contribution in [2.75, 3.05) is 13.1 Å². The standard InChI is InChI=1S/C18H19N3O.HI/c22-14-7-8-16-13(11-14)6-5-12-3-1-2-4-15(12)17(16)21-18-19-9-10-20-18;/h1-4,7-8,11,17,22H,5-6,9-10H2,(H2,19,20,21);1H. The fraction of sp³-hybridized carbons (Fsp3) is 0.278. The van der Waals surface area contributed by atoms with Gasteiger partial charge in [-0.3, -0.25) is 0 Å². The molecule has 1 unspecified atom stereocenters. The predicted octanol–water partition coefficient (Wildman–Crippen LogP) is 2.75. The van der Waals surface area contributed by atoms with Crippen LogP contribution in [-0.4, -0.2) is 24.2 Å². The number of phenolic OH excluding ortho intramolecular Hbond substituents is 1. The number of aromatic hydroxyl groups is 1. The third-order valence-electron chi connectivity index (χ3n) is 4.40. The monoisotopic (exact) mass is 421 g/mol. The molecule has 4 rings (SSSR count). The molecule has 2 aliphatic rings. The minimum atomic E-state index is -0.0256. The van der Waals surface area contributed by atoms with Crippen LogP contribution in [0.2, 0.25) is 0 Å². The molecule has 0 bridgehead atoms. The molecule has 0 radical (unpaired) electrons. The van der Waals surface area contributed by atoms with Crippen LogP contribution >= 0.6 is 24.0 Å². The number of nitrogens with zero attached hydrogens (tertiary/aromatic N) is 1. The SMILES string of the molecule is I.Oc1ccc2c(c1)CCc1ccccc1C2N=C1NCCN1. The number of hydrogen-bond acceptors (Lipinski definition) is 2. The highest BCUT2D eigenvalue weighted by Gasteiger charge is 2.24. The zero-order valence-electron chi connectivity index (χ0n) is 12.7. The van der Waals surface area contributed by atoms with Gasteiger partial charge in [0, 0.05) is 13.1 Å². The minimum absolute atomic E-state index is 0. The number of nitrogens with one attached hydrogen (secondary N) is 2. The van der Waals surface area contributed by atoms with E-state index >= 15 is 0 Å². The second kappa shape index (κ2) is 6.78. The molecule has 23 heavy (non-hydrogen) atoms. The normalized spacial score (nSPS) is 18.6. The van der Waals surface area contributed by atoms with E-state index in [0.717, 1.165) is 31.9 Å². The molecule has 120 valence electrons. The Morgan fingerprint density at radius 3 is 2.43 bits per heavy atom. The van der Waals surface area contributed by atoms with Crippen molar-refractivity contribution in [1.29, 1.82) is 0 Å². The fourth-order valence-electron chi connectivity index (χ4n) is 3.32. The Labute approximate surface area is 153 Å². The lowest BCUT2D eigenvalue weighted by atomic mass is 9.95. The molecule has 0 amide bonds. The van der Waals surface area contributed by atoms with Gasteiger partial charge in [0.25, 0.3) is 0 Å². The third kappa shape index (κ3) is 3.15. The molecule has 2 aromatic rings. The maximum atomic E-state index is 9.81. The average Bonchev–Trinajstić information content (AvgIpc) is 2.99. The highest BCUT2D eigenvalue weighted by Crippen LogP contribution is 2.36. The summed E-state index contributed by atoms with van der Waals surface area (Å²) in [5.74, 6) is 1.19. The summed E-state index contributed by atoms with van der Waals surface area (Å²) < 4.78 is 0. The van der Waals surface area contributed by atoms with Crippen LogP contribution in [0.25, 0.3) is 0 Å².